The van der Waals surface area contributed by atoms with Crippen LogP contribution < -0.4 is 5.32 Å². The van der Waals surface area contributed by atoms with Gasteiger partial charge in [0, 0.05) is 30.8 Å². The van der Waals surface area contributed by atoms with Gasteiger partial charge in [-0.2, -0.15) is 5.10 Å². The van der Waals surface area contributed by atoms with Gasteiger partial charge in [-0.3, -0.25) is 0 Å². The van der Waals surface area contributed by atoms with Crippen LogP contribution in [0.25, 0.3) is 0 Å². The van der Waals surface area contributed by atoms with E-state index in [1.807, 2.05) is 18.8 Å². The second-order valence-corrected chi connectivity index (χ2v) is 2.67. The standard InChI is InChI=1S/C6H10BN3/c7-10-6-1-2-8-3-5(6)4-9-10/h4,8H,1-3,7H2. The maximum atomic E-state index is 4.17. The lowest BCUT2D eigenvalue weighted by molar-refractivity contribution is 0.631. The minimum absolute atomic E-state index is 0.989. The molecule has 4 heteroatoms. The van der Waals surface area contributed by atoms with Crippen LogP contribution in [-0.4, -0.2) is 24.2 Å². The number of hydrogen-bond donors (Lipinski definition) is 1. The molecule has 0 atom stereocenters. The van der Waals surface area contributed by atoms with Crippen molar-refractivity contribution in [2.75, 3.05) is 6.54 Å². The zero-order chi connectivity index (χ0) is 6.97. The minimum atomic E-state index is 0.989. The second-order valence-electron chi connectivity index (χ2n) is 2.67. The molecule has 0 aromatic carbocycles. The van der Waals surface area contributed by atoms with Crippen molar-refractivity contribution in [1.29, 1.82) is 0 Å². The van der Waals surface area contributed by atoms with Gasteiger partial charge in [-0.05, 0) is 0 Å². The van der Waals surface area contributed by atoms with Crippen LogP contribution in [0.3, 0.4) is 0 Å². The van der Waals surface area contributed by atoms with Gasteiger partial charge in [0.1, 0.15) is 0 Å². The lowest BCUT2D eigenvalue weighted by Crippen LogP contribution is -2.24. The summed E-state index contributed by atoms with van der Waals surface area (Å²) in [6.07, 6.45) is 3.06. The van der Waals surface area contributed by atoms with Crippen molar-refractivity contribution in [3.63, 3.8) is 0 Å². The molecule has 0 fully saturated rings. The SMILES string of the molecule is Bn1ncc2c1CCNC2. The number of nitrogens with one attached hydrogen (secondary N) is 1. The Balaban J connectivity index is 2.45. The van der Waals surface area contributed by atoms with Crippen molar-refractivity contribution in [2.24, 2.45) is 0 Å². The summed E-state index contributed by atoms with van der Waals surface area (Å²) in [6.45, 7) is 2.08. The molecule has 0 aliphatic carbocycles. The molecule has 3 nitrogen and oxygen atoms in total. The highest BCUT2D eigenvalue weighted by Gasteiger charge is 2.10. The van der Waals surface area contributed by atoms with Gasteiger partial charge >= 0.3 is 0 Å². The van der Waals surface area contributed by atoms with Crippen molar-refractivity contribution in [3.05, 3.63) is 17.5 Å². The Morgan fingerprint density at radius 3 is 3.40 bits per heavy atom. The molecule has 52 valence electrons. The van der Waals surface area contributed by atoms with Gasteiger partial charge in [-0.1, -0.05) is 0 Å². The molecule has 1 N–H and O–H groups in total. The maximum Gasteiger partial charge on any atom is 0.249 e. The molecule has 0 radical (unpaired) electrons. The van der Waals surface area contributed by atoms with Crippen molar-refractivity contribution in [1.82, 2.24) is 15.0 Å². The fourth-order valence-electron chi connectivity index (χ4n) is 1.41. The summed E-state index contributed by atoms with van der Waals surface area (Å²) in [5, 5.41) is 7.48. The van der Waals surface area contributed by atoms with Crippen molar-refractivity contribution in [3.8, 4) is 0 Å². The lowest BCUT2D eigenvalue weighted by Gasteiger charge is -2.12. The Bertz CT molecular complexity index is 243. The van der Waals surface area contributed by atoms with E-state index in [0.717, 1.165) is 19.5 Å². The van der Waals surface area contributed by atoms with E-state index in [-0.39, 0.29) is 0 Å². The smallest absolute Gasteiger partial charge is 0.249 e. The summed E-state index contributed by atoms with van der Waals surface area (Å²) in [5.74, 6) is 0. The van der Waals surface area contributed by atoms with Crippen LogP contribution in [-0.2, 0) is 13.0 Å². The van der Waals surface area contributed by atoms with Crippen LogP contribution in [0, 0.1) is 0 Å². The molecule has 1 aliphatic rings. The molecule has 2 rings (SSSR count). The van der Waals surface area contributed by atoms with Crippen molar-refractivity contribution >= 4 is 7.98 Å². The van der Waals surface area contributed by atoms with Crippen LogP contribution >= 0.6 is 0 Å². The largest absolute Gasteiger partial charge is 0.323 e. The van der Waals surface area contributed by atoms with Crippen LogP contribution in [0.1, 0.15) is 11.3 Å². The van der Waals surface area contributed by atoms with E-state index in [1.54, 1.807) is 0 Å². The molecule has 1 aromatic rings. The minimum Gasteiger partial charge on any atom is -0.323 e. The first-order valence-electron chi connectivity index (χ1n) is 3.58. The third kappa shape index (κ3) is 0.760. The van der Waals surface area contributed by atoms with E-state index in [9.17, 15) is 0 Å². The Kier molecular flexibility index (Phi) is 1.27. The summed E-state index contributed by atoms with van der Waals surface area (Å²) in [4.78, 5) is 0. The molecule has 2 heterocycles. The molecular formula is C6H10BN3. The first-order chi connectivity index (χ1) is 4.88. The zero-order valence-corrected chi connectivity index (χ0v) is 6.09. The van der Waals surface area contributed by atoms with E-state index in [4.69, 9.17) is 0 Å². The topological polar surface area (TPSA) is 29.9 Å². The molecule has 1 aliphatic heterocycles. The molecular weight excluding hydrogens is 125 g/mol. The van der Waals surface area contributed by atoms with Crippen LogP contribution in [0.5, 0.6) is 0 Å². The van der Waals surface area contributed by atoms with Gasteiger partial charge in [-0.25, -0.2) is 0 Å². The molecule has 0 bridgehead atoms. The van der Waals surface area contributed by atoms with Gasteiger partial charge in [-0.15, -0.1) is 0 Å². The van der Waals surface area contributed by atoms with Gasteiger partial charge in [0.25, 0.3) is 0 Å². The van der Waals surface area contributed by atoms with Crippen LogP contribution in [0.2, 0.25) is 0 Å². The van der Waals surface area contributed by atoms with E-state index >= 15 is 0 Å². The quantitative estimate of drug-likeness (QED) is 0.459. The summed E-state index contributed by atoms with van der Waals surface area (Å²) in [5.41, 5.74) is 2.74. The van der Waals surface area contributed by atoms with Crippen LogP contribution in [0.15, 0.2) is 6.20 Å². The Labute approximate surface area is 60.9 Å². The molecule has 0 unspecified atom stereocenters. The number of hydrogen-bond acceptors (Lipinski definition) is 2. The van der Waals surface area contributed by atoms with Gasteiger partial charge < -0.3 is 9.91 Å². The highest BCUT2D eigenvalue weighted by molar-refractivity contribution is 6.06. The van der Waals surface area contributed by atoms with E-state index in [2.05, 4.69) is 10.4 Å². The van der Waals surface area contributed by atoms with E-state index in [1.165, 1.54) is 11.3 Å². The molecule has 0 amide bonds. The van der Waals surface area contributed by atoms with Gasteiger partial charge in [0.15, 0.2) is 0 Å². The summed E-state index contributed by atoms with van der Waals surface area (Å²) >= 11 is 0. The van der Waals surface area contributed by atoms with Crippen molar-refractivity contribution in [2.45, 2.75) is 13.0 Å². The van der Waals surface area contributed by atoms with Crippen molar-refractivity contribution < 1.29 is 0 Å². The molecule has 0 saturated carbocycles. The maximum absolute atomic E-state index is 4.17. The first-order valence-corrected chi connectivity index (χ1v) is 3.58. The summed E-state index contributed by atoms with van der Waals surface area (Å²) < 4.78 is 1.97. The van der Waals surface area contributed by atoms with E-state index in [0.29, 0.717) is 0 Å². The highest BCUT2D eigenvalue weighted by Crippen LogP contribution is 2.10. The fourth-order valence-corrected chi connectivity index (χ4v) is 1.41. The Morgan fingerprint density at radius 1 is 1.70 bits per heavy atom. The average molecular weight is 135 g/mol. The number of nitrogens with zero attached hydrogens (tertiary/aromatic N) is 2. The average Bonchev–Trinajstić information content (AvgIpc) is 2.34. The molecule has 0 saturated heterocycles. The third-order valence-electron chi connectivity index (χ3n) is 2.00. The highest BCUT2D eigenvalue weighted by atomic mass is 15.2. The van der Waals surface area contributed by atoms with Crippen LogP contribution in [0.4, 0.5) is 0 Å². The monoisotopic (exact) mass is 135 g/mol. The molecule has 10 heavy (non-hydrogen) atoms. The lowest BCUT2D eigenvalue weighted by atomic mass is 10.1. The number of aromatic nitrogens is 2. The zero-order valence-electron chi connectivity index (χ0n) is 6.09. The number of rotatable bonds is 0. The predicted octanol–water partition coefficient (Wildman–Crippen LogP) is -1.08. The first kappa shape index (κ1) is 5.98. The number of fused-ring (bicyclic) bond motifs is 1. The molecule has 1 aromatic heterocycles. The molecule has 0 spiro atoms. The Hall–Kier alpha value is -0.765. The normalized spacial score (nSPS) is 16.8. The predicted molar refractivity (Wildman–Crippen MR) is 41.6 cm³/mol. The Morgan fingerprint density at radius 2 is 2.60 bits per heavy atom. The fraction of sp³-hybridized carbons (Fsp3) is 0.500. The third-order valence-corrected chi connectivity index (χ3v) is 2.00. The second kappa shape index (κ2) is 2.13. The van der Waals surface area contributed by atoms with E-state index < -0.39 is 0 Å². The summed E-state index contributed by atoms with van der Waals surface area (Å²) in [7, 11) is 2.00. The summed E-state index contributed by atoms with van der Waals surface area (Å²) in [6, 6.07) is 0. The van der Waals surface area contributed by atoms with Gasteiger partial charge in [0.2, 0.25) is 7.98 Å². The van der Waals surface area contributed by atoms with Gasteiger partial charge in [0.05, 0.1) is 6.20 Å².